The average molecular weight is 479 g/mol. The molecule has 0 aliphatic carbocycles. The molecule has 1 heterocycles. The van der Waals surface area contributed by atoms with Crippen LogP contribution in [0.25, 0.3) is 11.5 Å². The van der Waals surface area contributed by atoms with E-state index in [0.717, 1.165) is 5.56 Å². The van der Waals surface area contributed by atoms with E-state index in [0.29, 0.717) is 21.5 Å². The van der Waals surface area contributed by atoms with Gasteiger partial charge in [-0.25, -0.2) is 8.42 Å². The summed E-state index contributed by atoms with van der Waals surface area (Å²) < 4.78 is 31.3. The zero-order valence-electron chi connectivity index (χ0n) is 18.2. The van der Waals surface area contributed by atoms with Crippen molar-refractivity contribution in [3.05, 3.63) is 58.4 Å². The van der Waals surface area contributed by atoms with Gasteiger partial charge in [0, 0.05) is 18.5 Å². The number of aromatic nitrogens is 2. The maximum absolute atomic E-state index is 13.0. The molecule has 0 saturated heterocycles. The second kappa shape index (κ2) is 9.37. The number of carbonyl (C=O) groups excluding carboxylic acids is 1. The molecule has 11 heteroatoms. The number of benzene rings is 2. The Morgan fingerprint density at radius 3 is 2.59 bits per heavy atom. The minimum Gasteiger partial charge on any atom is -0.334 e. The van der Waals surface area contributed by atoms with E-state index in [1.54, 1.807) is 6.07 Å². The van der Waals surface area contributed by atoms with Gasteiger partial charge >= 0.3 is 0 Å². The molecule has 0 unspecified atom stereocenters. The van der Waals surface area contributed by atoms with Crippen molar-refractivity contribution in [1.82, 2.24) is 14.6 Å². The fourth-order valence-electron chi connectivity index (χ4n) is 2.86. The highest BCUT2D eigenvalue weighted by molar-refractivity contribution is 7.89. The molecule has 170 valence electrons. The van der Waals surface area contributed by atoms with Crippen LogP contribution in [0.2, 0.25) is 5.02 Å². The average Bonchev–Trinajstić information content (AvgIpc) is 3.25. The van der Waals surface area contributed by atoms with Crippen molar-refractivity contribution in [3.63, 3.8) is 0 Å². The number of nitrogens with one attached hydrogen (secondary N) is 1. The molecule has 3 aromatic rings. The predicted octanol–water partition coefficient (Wildman–Crippen LogP) is 4.26. The summed E-state index contributed by atoms with van der Waals surface area (Å²) in [6, 6.07) is 9.37. The topological polar surface area (TPSA) is 115 Å². The second-order valence-electron chi connectivity index (χ2n) is 7.31. The number of hydrogen-bond donors (Lipinski definition) is 1. The molecule has 0 aliphatic heterocycles. The smallest absolute Gasteiger partial charge is 0.266 e. The summed E-state index contributed by atoms with van der Waals surface area (Å²) in [5.74, 6) is 0.370. The first kappa shape index (κ1) is 23.9. The lowest BCUT2D eigenvalue weighted by Crippen LogP contribution is -2.26. The zero-order chi connectivity index (χ0) is 23.6. The maximum Gasteiger partial charge on any atom is 0.266 e. The third-order valence-corrected chi connectivity index (χ3v) is 6.93. The molecule has 32 heavy (non-hydrogen) atoms. The maximum atomic E-state index is 13.0. The Hall–Kier alpha value is -2.79. The molecule has 9 nitrogen and oxygen atoms in total. The van der Waals surface area contributed by atoms with E-state index in [4.69, 9.17) is 21.0 Å². The second-order valence-corrected chi connectivity index (χ2v) is 9.62. The molecule has 1 amide bonds. The quantitative estimate of drug-likeness (QED) is 0.504. The summed E-state index contributed by atoms with van der Waals surface area (Å²) >= 11 is 6.08. The lowest BCUT2D eigenvalue weighted by Gasteiger charge is -2.16. The van der Waals surface area contributed by atoms with Crippen LogP contribution in [-0.2, 0) is 14.9 Å². The Labute approximate surface area is 191 Å². The minimum atomic E-state index is -4.05. The van der Waals surface area contributed by atoms with Gasteiger partial charge in [-0.1, -0.05) is 47.2 Å². The van der Waals surface area contributed by atoms with Crippen LogP contribution < -0.4 is 5.32 Å². The van der Waals surface area contributed by atoms with Crippen LogP contribution in [0.1, 0.15) is 41.5 Å². The first-order valence-corrected chi connectivity index (χ1v) is 11.5. The molecular formula is C21H23ClN4O5S. The molecule has 0 radical (unpaired) electrons. The number of halogens is 1. The number of amides is 1. The number of rotatable bonds is 7. The Balaban J connectivity index is 1.99. The number of para-hydroxylation sites is 1. The van der Waals surface area contributed by atoms with E-state index in [1.165, 1.54) is 32.4 Å². The zero-order valence-corrected chi connectivity index (χ0v) is 19.8. The van der Waals surface area contributed by atoms with E-state index in [9.17, 15) is 13.2 Å². The van der Waals surface area contributed by atoms with Crippen LogP contribution in [0, 0.1) is 6.92 Å². The number of hydroxylamine groups is 1. The van der Waals surface area contributed by atoms with Crippen LogP contribution >= 0.6 is 11.6 Å². The molecule has 0 aliphatic rings. The van der Waals surface area contributed by atoms with Crippen molar-refractivity contribution >= 4 is 33.2 Å². The summed E-state index contributed by atoms with van der Waals surface area (Å²) in [5.41, 5.74) is 1.89. The van der Waals surface area contributed by atoms with E-state index < -0.39 is 15.9 Å². The summed E-state index contributed by atoms with van der Waals surface area (Å²) in [4.78, 5) is 22.0. The molecule has 3 rings (SSSR count). The number of aryl methyl sites for hydroxylation is 1. The molecule has 1 N–H and O–H groups in total. The lowest BCUT2D eigenvalue weighted by atomic mass is 10.1. The Morgan fingerprint density at radius 2 is 1.97 bits per heavy atom. The standard InChI is InChI=1S/C21H23ClN4O5S/c1-12(2)19-24-21(31-25-19)15-8-6-7-13(3)18(15)23-20(27)14-9-10-16(22)17(11-14)32(28,29)26(4)30-5/h6-12H,1-5H3,(H,23,27). The number of anilines is 1. The van der Waals surface area contributed by atoms with E-state index in [1.807, 2.05) is 32.9 Å². The number of carbonyl (C=O) groups is 1. The Morgan fingerprint density at radius 1 is 1.25 bits per heavy atom. The fraction of sp³-hybridized carbons (Fsp3) is 0.286. The summed E-state index contributed by atoms with van der Waals surface area (Å²) in [7, 11) is -1.61. The molecule has 0 fully saturated rings. The minimum absolute atomic E-state index is 0.0332. The largest absolute Gasteiger partial charge is 0.334 e. The van der Waals surface area contributed by atoms with Gasteiger partial charge in [-0.05, 0) is 36.8 Å². The van der Waals surface area contributed by atoms with E-state index in [-0.39, 0.29) is 27.3 Å². The van der Waals surface area contributed by atoms with Crippen LogP contribution in [-0.4, -0.2) is 43.1 Å². The number of hydrogen-bond acceptors (Lipinski definition) is 7. The van der Waals surface area contributed by atoms with Gasteiger partial charge < -0.3 is 9.84 Å². The SMILES string of the molecule is CON(C)S(=O)(=O)c1cc(C(=O)Nc2c(C)cccc2-c2nc(C(C)C)no2)ccc1Cl. The first-order valence-electron chi connectivity index (χ1n) is 9.63. The first-order chi connectivity index (χ1) is 15.1. The van der Waals surface area contributed by atoms with Gasteiger partial charge in [-0.2, -0.15) is 4.98 Å². The Bertz CT molecular complexity index is 1260. The van der Waals surface area contributed by atoms with Crippen molar-refractivity contribution in [3.8, 4) is 11.5 Å². The van der Waals surface area contributed by atoms with Crippen molar-refractivity contribution in [2.75, 3.05) is 19.5 Å². The van der Waals surface area contributed by atoms with Gasteiger partial charge in [-0.15, -0.1) is 0 Å². The summed E-state index contributed by atoms with van der Waals surface area (Å²) in [5, 5.41) is 6.77. The van der Waals surface area contributed by atoms with Gasteiger partial charge in [0.05, 0.1) is 23.4 Å². The summed E-state index contributed by atoms with van der Waals surface area (Å²) in [6.45, 7) is 5.71. The van der Waals surface area contributed by atoms with E-state index >= 15 is 0 Å². The Kier molecular flexibility index (Phi) is 6.99. The van der Waals surface area contributed by atoms with E-state index in [2.05, 4.69) is 15.5 Å². The number of nitrogens with zero attached hydrogens (tertiary/aromatic N) is 3. The monoisotopic (exact) mass is 478 g/mol. The van der Waals surface area contributed by atoms with Crippen LogP contribution in [0.3, 0.4) is 0 Å². The molecule has 2 aromatic carbocycles. The van der Waals surface area contributed by atoms with Crippen molar-refractivity contribution in [2.24, 2.45) is 0 Å². The highest BCUT2D eigenvalue weighted by Crippen LogP contribution is 2.32. The van der Waals surface area contributed by atoms with Crippen molar-refractivity contribution in [2.45, 2.75) is 31.6 Å². The third-order valence-electron chi connectivity index (χ3n) is 4.77. The van der Waals surface area contributed by atoms with Crippen LogP contribution in [0.15, 0.2) is 45.8 Å². The summed E-state index contributed by atoms with van der Waals surface area (Å²) in [6.07, 6.45) is 0. The highest BCUT2D eigenvalue weighted by Gasteiger charge is 2.26. The molecule has 1 aromatic heterocycles. The van der Waals surface area contributed by atoms with Gasteiger partial charge in [0.1, 0.15) is 4.90 Å². The normalized spacial score (nSPS) is 11.9. The van der Waals surface area contributed by atoms with Gasteiger partial charge in [0.2, 0.25) is 0 Å². The molecule has 0 spiro atoms. The predicted molar refractivity (Wildman–Crippen MR) is 120 cm³/mol. The molecule has 0 atom stereocenters. The molecule has 0 saturated carbocycles. The van der Waals surface area contributed by atoms with Crippen molar-refractivity contribution < 1.29 is 22.6 Å². The lowest BCUT2D eigenvalue weighted by molar-refractivity contribution is -0.0258. The number of sulfonamides is 1. The van der Waals surface area contributed by atoms with Gasteiger partial charge in [-0.3, -0.25) is 9.63 Å². The van der Waals surface area contributed by atoms with Crippen LogP contribution in [0.5, 0.6) is 0 Å². The van der Waals surface area contributed by atoms with Gasteiger partial charge in [0.15, 0.2) is 5.82 Å². The van der Waals surface area contributed by atoms with Gasteiger partial charge in [0.25, 0.3) is 21.8 Å². The fourth-order valence-corrected chi connectivity index (χ4v) is 4.33. The highest BCUT2D eigenvalue weighted by atomic mass is 35.5. The van der Waals surface area contributed by atoms with Crippen molar-refractivity contribution in [1.29, 1.82) is 0 Å². The molecule has 0 bridgehead atoms. The van der Waals surface area contributed by atoms with Crippen LogP contribution in [0.4, 0.5) is 5.69 Å². The molecular weight excluding hydrogens is 456 g/mol. The third kappa shape index (κ3) is 4.68.